The van der Waals surface area contributed by atoms with Crippen molar-refractivity contribution in [2.45, 2.75) is 6.43 Å². The summed E-state index contributed by atoms with van der Waals surface area (Å²) in [6.07, 6.45) is -1.21. The minimum Gasteiger partial charge on any atom is -0.487 e. The maximum atomic E-state index is 12.2. The Morgan fingerprint density at radius 1 is 1.37 bits per heavy atom. The van der Waals surface area contributed by atoms with Gasteiger partial charge in [-0.1, -0.05) is 0 Å². The number of aromatic carboxylic acids is 1. The Balaban J connectivity index is 2.39. The van der Waals surface area contributed by atoms with Gasteiger partial charge < -0.3 is 14.3 Å². The predicted molar refractivity (Wildman–Crippen MR) is 62.6 cm³/mol. The molecular weight excluding hydrogens is 258 g/mol. The van der Waals surface area contributed by atoms with E-state index in [-0.39, 0.29) is 11.3 Å². The van der Waals surface area contributed by atoms with Crippen molar-refractivity contribution < 1.29 is 27.8 Å². The van der Waals surface area contributed by atoms with E-state index in [1.165, 1.54) is 24.5 Å². The number of carbonyl (C=O) groups is 1. The number of rotatable bonds is 5. The molecule has 0 radical (unpaired) electrons. The van der Waals surface area contributed by atoms with Crippen molar-refractivity contribution in [3.8, 4) is 17.1 Å². The maximum Gasteiger partial charge on any atom is 0.335 e. The molecule has 6 heteroatoms. The first-order valence-corrected chi connectivity index (χ1v) is 5.40. The van der Waals surface area contributed by atoms with Gasteiger partial charge in [0.15, 0.2) is 0 Å². The molecule has 2 rings (SSSR count). The number of ether oxygens (including phenoxy) is 1. The van der Waals surface area contributed by atoms with Crippen LogP contribution in [0.5, 0.6) is 5.75 Å². The van der Waals surface area contributed by atoms with Gasteiger partial charge in [0.2, 0.25) is 0 Å². The maximum absolute atomic E-state index is 12.2. The molecule has 0 spiro atoms. The van der Waals surface area contributed by atoms with E-state index in [4.69, 9.17) is 14.3 Å². The SMILES string of the molecule is O=C(O)c1ccc(OCC(F)F)c(-c2ccco2)c1. The van der Waals surface area contributed by atoms with E-state index < -0.39 is 19.0 Å². The Morgan fingerprint density at radius 3 is 2.74 bits per heavy atom. The van der Waals surface area contributed by atoms with E-state index in [1.54, 1.807) is 12.1 Å². The lowest BCUT2D eigenvalue weighted by atomic mass is 10.1. The molecule has 0 unspecified atom stereocenters. The van der Waals surface area contributed by atoms with Gasteiger partial charge in [-0.25, -0.2) is 13.6 Å². The number of furan rings is 1. The number of benzene rings is 1. The number of halogens is 2. The van der Waals surface area contributed by atoms with Crippen LogP contribution in [0.25, 0.3) is 11.3 Å². The average Bonchev–Trinajstić information content (AvgIpc) is 2.89. The summed E-state index contributed by atoms with van der Waals surface area (Å²) in [6.45, 7) is -0.764. The zero-order valence-corrected chi connectivity index (χ0v) is 9.68. The average molecular weight is 268 g/mol. The van der Waals surface area contributed by atoms with Gasteiger partial charge in [0.1, 0.15) is 18.1 Å². The summed E-state index contributed by atoms with van der Waals surface area (Å²) < 4.78 is 34.4. The van der Waals surface area contributed by atoms with Gasteiger partial charge in [0, 0.05) is 0 Å². The summed E-state index contributed by atoms with van der Waals surface area (Å²) >= 11 is 0. The van der Waals surface area contributed by atoms with E-state index in [1.807, 2.05) is 0 Å². The smallest absolute Gasteiger partial charge is 0.335 e. The molecule has 1 aromatic carbocycles. The van der Waals surface area contributed by atoms with Gasteiger partial charge in [-0.05, 0) is 30.3 Å². The Labute approximate surface area is 107 Å². The standard InChI is InChI=1S/C13H10F2O4/c14-12(15)7-19-11-4-3-8(13(16)17)6-9(11)10-2-1-5-18-10/h1-6,12H,7H2,(H,16,17). The van der Waals surface area contributed by atoms with Crippen LogP contribution in [0.2, 0.25) is 0 Å². The third kappa shape index (κ3) is 3.09. The zero-order valence-electron chi connectivity index (χ0n) is 9.68. The molecule has 0 fully saturated rings. The van der Waals surface area contributed by atoms with E-state index in [9.17, 15) is 13.6 Å². The number of carboxylic acid groups (broad SMARTS) is 1. The van der Waals surface area contributed by atoms with Crippen molar-refractivity contribution in [3.05, 3.63) is 42.2 Å². The fourth-order valence-electron chi connectivity index (χ4n) is 1.57. The lowest BCUT2D eigenvalue weighted by molar-refractivity contribution is 0.0695. The molecule has 0 aliphatic rings. The Bertz CT molecular complexity index is 564. The van der Waals surface area contributed by atoms with E-state index in [0.29, 0.717) is 11.3 Å². The molecule has 0 aliphatic carbocycles. The van der Waals surface area contributed by atoms with Gasteiger partial charge in [-0.3, -0.25) is 0 Å². The fourth-order valence-corrected chi connectivity index (χ4v) is 1.57. The molecule has 1 heterocycles. The van der Waals surface area contributed by atoms with Crippen molar-refractivity contribution in [2.75, 3.05) is 6.61 Å². The largest absolute Gasteiger partial charge is 0.487 e. The first-order valence-electron chi connectivity index (χ1n) is 5.40. The van der Waals surface area contributed by atoms with Crippen LogP contribution in [-0.2, 0) is 0 Å². The van der Waals surface area contributed by atoms with Crippen molar-refractivity contribution in [3.63, 3.8) is 0 Å². The molecule has 1 N–H and O–H groups in total. The Kier molecular flexibility index (Phi) is 3.79. The number of carboxylic acids is 1. The van der Waals surface area contributed by atoms with Crippen LogP contribution in [-0.4, -0.2) is 24.1 Å². The van der Waals surface area contributed by atoms with Crippen molar-refractivity contribution in [1.82, 2.24) is 0 Å². The quantitative estimate of drug-likeness (QED) is 0.903. The first-order chi connectivity index (χ1) is 9.08. The van der Waals surface area contributed by atoms with Gasteiger partial charge in [0.05, 0.1) is 17.4 Å². The fraction of sp³-hybridized carbons (Fsp3) is 0.154. The molecule has 0 saturated heterocycles. The molecule has 0 atom stereocenters. The van der Waals surface area contributed by atoms with Crippen LogP contribution >= 0.6 is 0 Å². The van der Waals surface area contributed by atoms with E-state index in [0.717, 1.165) is 0 Å². The zero-order chi connectivity index (χ0) is 13.8. The summed E-state index contributed by atoms with van der Waals surface area (Å²) in [5.74, 6) is -0.610. The summed E-state index contributed by atoms with van der Waals surface area (Å²) in [4.78, 5) is 10.9. The van der Waals surface area contributed by atoms with Crippen LogP contribution in [0, 0.1) is 0 Å². The third-order valence-corrected chi connectivity index (χ3v) is 2.38. The van der Waals surface area contributed by atoms with Crippen molar-refractivity contribution >= 4 is 5.97 Å². The predicted octanol–water partition coefficient (Wildman–Crippen LogP) is 3.29. The lowest BCUT2D eigenvalue weighted by Gasteiger charge is -2.10. The van der Waals surface area contributed by atoms with Gasteiger partial charge in [-0.15, -0.1) is 0 Å². The second kappa shape index (κ2) is 5.51. The monoisotopic (exact) mass is 268 g/mol. The summed E-state index contributed by atoms with van der Waals surface area (Å²) in [5, 5.41) is 8.92. The number of alkyl halides is 2. The second-order valence-corrected chi connectivity index (χ2v) is 3.70. The second-order valence-electron chi connectivity index (χ2n) is 3.70. The molecule has 1 aromatic heterocycles. The first kappa shape index (κ1) is 13.1. The van der Waals surface area contributed by atoms with Crippen LogP contribution in [0.1, 0.15) is 10.4 Å². The Hall–Kier alpha value is -2.37. The van der Waals surface area contributed by atoms with E-state index in [2.05, 4.69) is 0 Å². The van der Waals surface area contributed by atoms with Crippen molar-refractivity contribution in [1.29, 1.82) is 0 Å². The number of hydrogen-bond acceptors (Lipinski definition) is 3. The third-order valence-electron chi connectivity index (χ3n) is 2.38. The molecule has 0 bridgehead atoms. The molecule has 0 aliphatic heterocycles. The molecule has 4 nitrogen and oxygen atoms in total. The lowest BCUT2D eigenvalue weighted by Crippen LogP contribution is -2.08. The summed E-state index contributed by atoms with van der Waals surface area (Å²) in [5.41, 5.74) is 0.348. The highest BCUT2D eigenvalue weighted by molar-refractivity contribution is 5.90. The minimum atomic E-state index is -2.61. The highest BCUT2D eigenvalue weighted by Gasteiger charge is 2.14. The van der Waals surface area contributed by atoms with Gasteiger partial charge >= 0.3 is 5.97 Å². The molecule has 0 saturated carbocycles. The molecular formula is C13H10F2O4. The van der Waals surface area contributed by atoms with E-state index >= 15 is 0 Å². The minimum absolute atomic E-state index is 0.0239. The van der Waals surface area contributed by atoms with Gasteiger partial charge in [0.25, 0.3) is 6.43 Å². The van der Waals surface area contributed by atoms with Gasteiger partial charge in [-0.2, -0.15) is 0 Å². The summed E-state index contributed by atoms with van der Waals surface area (Å²) in [7, 11) is 0. The van der Waals surface area contributed by atoms with Crippen LogP contribution in [0.3, 0.4) is 0 Å². The highest BCUT2D eigenvalue weighted by atomic mass is 19.3. The topological polar surface area (TPSA) is 59.7 Å². The Morgan fingerprint density at radius 2 is 2.16 bits per heavy atom. The van der Waals surface area contributed by atoms with Crippen LogP contribution in [0.15, 0.2) is 41.0 Å². The van der Waals surface area contributed by atoms with Crippen molar-refractivity contribution in [2.24, 2.45) is 0 Å². The number of hydrogen-bond donors (Lipinski definition) is 1. The van der Waals surface area contributed by atoms with Crippen LogP contribution < -0.4 is 4.74 Å². The molecule has 0 amide bonds. The molecule has 2 aromatic rings. The van der Waals surface area contributed by atoms with Crippen LogP contribution in [0.4, 0.5) is 8.78 Å². The highest BCUT2D eigenvalue weighted by Crippen LogP contribution is 2.31. The normalized spacial score (nSPS) is 10.7. The molecule has 19 heavy (non-hydrogen) atoms. The summed E-state index contributed by atoms with van der Waals surface area (Å²) in [6, 6.07) is 7.15. The molecule has 100 valence electrons.